The third-order valence-electron chi connectivity index (χ3n) is 4.04. The van der Waals surface area contributed by atoms with Gasteiger partial charge in [-0.3, -0.25) is 4.79 Å². The number of terminal acetylenes is 1. The Morgan fingerprint density at radius 1 is 1.21 bits per heavy atom. The molecule has 1 atom stereocenters. The fraction of sp³-hybridized carbons (Fsp3) is 0. The maximum absolute atomic E-state index is 11.9. The summed E-state index contributed by atoms with van der Waals surface area (Å²) in [5.74, 6) is 1.35. The van der Waals surface area contributed by atoms with Gasteiger partial charge in [0.05, 0.1) is 5.70 Å². The van der Waals surface area contributed by atoms with E-state index in [9.17, 15) is 20.3 Å². The third kappa shape index (κ3) is 3.23. The van der Waals surface area contributed by atoms with Gasteiger partial charge in [-0.1, -0.05) is 24.6 Å². The van der Waals surface area contributed by atoms with Gasteiger partial charge in [0, 0.05) is 21.4 Å². The molecule has 1 amide bonds. The summed E-state index contributed by atoms with van der Waals surface area (Å²) in [5.41, 5.74) is 1.91. The second-order valence-corrected chi connectivity index (χ2v) is 8.33. The fourth-order valence-corrected chi connectivity index (χ4v) is 4.89. The standard InChI is InChI=1S/C21H15N3O3S/c1-3-14-5-7-15(8-6-14)17-12-28(13-22,21(23-17)24-20(27)4-2)16-9-10-18(25)19(26)11-16/h1,4-12,25-26H,2H2,(H,23,24,27). The summed E-state index contributed by atoms with van der Waals surface area (Å²) in [5, 5.41) is 36.2. The summed E-state index contributed by atoms with van der Waals surface area (Å²) in [6, 6.07) is 11.2. The van der Waals surface area contributed by atoms with E-state index in [4.69, 9.17) is 6.42 Å². The van der Waals surface area contributed by atoms with Crippen molar-refractivity contribution in [1.82, 2.24) is 5.32 Å². The lowest BCUT2D eigenvalue weighted by Crippen LogP contribution is -2.30. The molecule has 6 nitrogen and oxygen atoms in total. The molecule has 1 aliphatic rings. The SMILES string of the molecule is C#Cc1ccc(C2=CS(C#N)(c3ccc(O)c(O)c3)C(NC(=O)C=C)=N2)cc1. The van der Waals surface area contributed by atoms with Crippen LogP contribution in [-0.2, 0) is 4.79 Å². The topological polar surface area (TPSA) is 106 Å². The molecule has 1 unspecified atom stereocenters. The Hall–Kier alpha value is -3.94. The van der Waals surface area contributed by atoms with E-state index in [-0.39, 0.29) is 16.7 Å². The number of benzene rings is 2. The number of amides is 1. The molecule has 7 heteroatoms. The molecule has 1 aliphatic heterocycles. The van der Waals surface area contributed by atoms with E-state index in [0.29, 0.717) is 16.2 Å². The van der Waals surface area contributed by atoms with Crippen molar-refractivity contribution in [2.45, 2.75) is 4.90 Å². The predicted molar refractivity (Wildman–Crippen MR) is 109 cm³/mol. The number of nitrogens with zero attached hydrogens (tertiary/aromatic N) is 2. The number of aromatic hydroxyl groups is 2. The number of hydrogen-bond acceptors (Lipinski definition) is 5. The zero-order valence-corrected chi connectivity index (χ0v) is 15.4. The number of carbonyl (C=O) groups excluding carboxylic acids is 1. The van der Waals surface area contributed by atoms with Gasteiger partial charge in [0.25, 0.3) is 0 Å². The molecule has 3 N–H and O–H groups in total. The third-order valence-corrected chi connectivity index (χ3v) is 6.71. The monoisotopic (exact) mass is 389 g/mol. The molecule has 0 aliphatic carbocycles. The minimum atomic E-state index is -2.57. The van der Waals surface area contributed by atoms with E-state index in [2.05, 4.69) is 28.2 Å². The molecule has 0 saturated heterocycles. The highest BCUT2D eigenvalue weighted by Gasteiger charge is 2.37. The number of thiocyanates is 1. The van der Waals surface area contributed by atoms with Crippen LogP contribution in [0.1, 0.15) is 11.1 Å². The Bertz CT molecular complexity index is 1120. The van der Waals surface area contributed by atoms with E-state index >= 15 is 0 Å². The normalized spacial score (nSPS) is 19.9. The Kier molecular flexibility index (Phi) is 4.95. The highest BCUT2D eigenvalue weighted by Crippen LogP contribution is 2.62. The number of nitriles is 1. The van der Waals surface area contributed by atoms with Crippen molar-refractivity contribution in [3.8, 4) is 29.2 Å². The summed E-state index contributed by atoms with van der Waals surface area (Å²) in [4.78, 5) is 16.8. The molecule has 0 saturated carbocycles. The number of phenols is 2. The van der Waals surface area contributed by atoms with Crippen LogP contribution in [0.4, 0.5) is 0 Å². The second-order valence-electron chi connectivity index (χ2n) is 5.74. The highest BCUT2D eigenvalue weighted by atomic mass is 32.3. The van der Waals surface area contributed by atoms with Crippen LogP contribution in [0.3, 0.4) is 0 Å². The van der Waals surface area contributed by atoms with Crippen molar-refractivity contribution in [3.63, 3.8) is 0 Å². The zero-order chi connectivity index (χ0) is 20.3. The van der Waals surface area contributed by atoms with Gasteiger partial charge in [-0.05, 0) is 46.4 Å². The second kappa shape index (κ2) is 7.36. The van der Waals surface area contributed by atoms with Crippen LogP contribution in [0, 0.1) is 23.0 Å². The van der Waals surface area contributed by atoms with Gasteiger partial charge in [-0.25, -0.2) is 4.99 Å². The molecule has 28 heavy (non-hydrogen) atoms. The average molecular weight is 389 g/mol. The van der Waals surface area contributed by atoms with Crippen molar-refractivity contribution in [2.75, 3.05) is 0 Å². The number of rotatable bonds is 3. The minimum Gasteiger partial charge on any atom is -0.504 e. The molecule has 0 radical (unpaired) electrons. The maximum atomic E-state index is 11.9. The number of nitrogens with one attached hydrogen (secondary N) is 1. The Balaban J connectivity index is 2.17. The van der Waals surface area contributed by atoms with E-state index in [0.717, 1.165) is 11.6 Å². The van der Waals surface area contributed by atoms with Crippen molar-refractivity contribution in [3.05, 3.63) is 71.7 Å². The van der Waals surface area contributed by atoms with Gasteiger partial charge in [-0.15, -0.1) is 6.42 Å². The van der Waals surface area contributed by atoms with Gasteiger partial charge in [-0.2, -0.15) is 5.26 Å². The smallest absolute Gasteiger partial charge is 0.249 e. The Labute approximate surface area is 163 Å². The lowest BCUT2D eigenvalue weighted by molar-refractivity contribution is -0.115. The minimum absolute atomic E-state index is 0.154. The first-order valence-electron chi connectivity index (χ1n) is 8.00. The highest BCUT2D eigenvalue weighted by molar-refractivity contribution is 8.51. The Morgan fingerprint density at radius 3 is 2.50 bits per heavy atom. The molecule has 0 fully saturated rings. The first kappa shape index (κ1) is 18.8. The summed E-state index contributed by atoms with van der Waals surface area (Å²) in [6.45, 7) is 3.42. The number of hydrogen-bond donors (Lipinski definition) is 3. The fourth-order valence-electron chi connectivity index (χ4n) is 2.57. The van der Waals surface area contributed by atoms with Gasteiger partial charge in [0.1, 0.15) is 5.40 Å². The molecule has 3 rings (SSSR count). The number of aliphatic imine (C=N–C) groups is 1. The molecular formula is C21H15N3O3S. The van der Waals surface area contributed by atoms with Gasteiger partial charge >= 0.3 is 0 Å². The quantitative estimate of drug-likeness (QED) is 0.324. The van der Waals surface area contributed by atoms with E-state index in [1.54, 1.807) is 29.7 Å². The Morgan fingerprint density at radius 2 is 1.93 bits per heavy atom. The summed E-state index contributed by atoms with van der Waals surface area (Å²) >= 11 is 0. The molecule has 2 aromatic rings. The van der Waals surface area contributed by atoms with Crippen LogP contribution in [0.2, 0.25) is 0 Å². The maximum Gasteiger partial charge on any atom is 0.249 e. The molecular weight excluding hydrogens is 374 g/mol. The first-order valence-corrected chi connectivity index (χ1v) is 9.70. The van der Waals surface area contributed by atoms with Crippen molar-refractivity contribution in [2.24, 2.45) is 4.99 Å². The van der Waals surface area contributed by atoms with Crippen molar-refractivity contribution < 1.29 is 15.0 Å². The van der Waals surface area contributed by atoms with Gasteiger partial charge in [0.15, 0.2) is 16.7 Å². The van der Waals surface area contributed by atoms with Crippen LogP contribution >= 0.6 is 10.0 Å². The largest absolute Gasteiger partial charge is 0.504 e. The molecule has 1 heterocycles. The molecule has 0 aromatic heterocycles. The van der Waals surface area contributed by atoms with Crippen molar-refractivity contribution >= 4 is 26.8 Å². The number of amidine groups is 1. The number of phenolic OH excluding ortho intramolecular Hbond substituents is 2. The molecule has 2 aromatic carbocycles. The van der Waals surface area contributed by atoms with E-state index in [1.165, 1.54) is 18.2 Å². The van der Waals surface area contributed by atoms with Crippen LogP contribution in [-0.4, -0.2) is 21.3 Å². The predicted octanol–water partition coefficient (Wildman–Crippen LogP) is 3.39. The summed E-state index contributed by atoms with van der Waals surface area (Å²) in [7, 11) is -2.57. The van der Waals surface area contributed by atoms with Crippen molar-refractivity contribution in [1.29, 1.82) is 5.26 Å². The zero-order valence-electron chi connectivity index (χ0n) is 14.6. The molecule has 0 bridgehead atoms. The van der Waals surface area contributed by atoms with Crippen LogP contribution in [0.5, 0.6) is 11.5 Å². The number of carbonyl (C=O) groups is 1. The lowest BCUT2D eigenvalue weighted by Gasteiger charge is -2.27. The van der Waals surface area contributed by atoms with Crippen LogP contribution in [0.15, 0.2) is 70.4 Å². The lowest BCUT2D eigenvalue weighted by atomic mass is 10.1. The summed E-state index contributed by atoms with van der Waals surface area (Å²) in [6.07, 6.45) is 6.46. The molecule has 138 valence electrons. The van der Waals surface area contributed by atoms with E-state index in [1.807, 2.05) is 0 Å². The van der Waals surface area contributed by atoms with Crippen LogP contribution < -0.4 is 5.32 Å². The average Bonchev–Trinajstić information content (AvgIpc) is 3.09. The van der Waals surface area contributed by atoms with E-state index < -0.39 is 15.9 Å². The molecule has 0 spiro atoms. The summed E-state index contributed by atoms with van der Waals surface area (Å²) < 4.78 is 0. The van der Waals surface area contributed by atoms with Gasteiger partial charge in [0.2, 0.25) is 5.91 Å². The first-order chi connectivity index (χ1) is 13.4. The van der Waals surface area contributed by atoms with Gasteiger partial charge < -0.3 is 15.5 Å². The van der Waals surface area contributed by atoms with Crippen LogP contribution in [0.25, 0.3) is 5.70 Å².